The Morgan fingerprint density at radius 2 is 2.00 bits per heavy atom. The Kier molecular flexibility index (Phi) is 3.66. The molecule has 5 heteroatoms. The molecular formula is C12H14BrCl2NO. The van der Waals surface area contributed by atoms with Gasteiger partial charge in [-0.15, -0.1) is 0 Å². The zero-order chi connectivity index (χ0) is 12.8. The predicted molar refractivity (Wildman–Crippen MR) is 76.0 cm³/mol. The van der Waals surface area contributed by atoms with Crippen LogP contribution < -0.4 is 5.32 Å². The molecule has 17 heavy (non-hydrogen) atoms. The topological polar surface area (TPSA) is 32.3 Å². The van der Waals surface area contributed by atoms with E-state index in [4.69, 9.17) is 23.2 Å². The van der Waals surface area contributed by atoms with E-state index in [2.05, 4.69) is 21.2 Å². The van der Waals surface area contributed by atoms with Gasteiger partial charge in [-0.25, -0.2) is 0 Å². The fraction of sp³-hybridized carbons (Fsp3) is 0.500. The Bertz CT molecular complexity index is 450. The van der Waals surface area contributed by atoms with E-state index in [0.717, 1.165) is 16.6 Å². The van der Waals surface area contributed by atoms with Gasteiger partial charge in [0.25, 0.3) is 0 Å². The van der Waals surface area contributed by atoms with Crippen molar-refractivity contribution in [2.75, 3.05) is 5.32 Å². The van der Waals surface area contributed by atoms with Gasteiger partial charge in [-0.3, -0.25) is 0 Å². The van der Waals surface area contributed by atoms with Crippen LogP contribution in [-0.2, 0) is 0 Å². The number of hydrogen-bond donors (Lipinski definition) is 2. The van der Waals surface area contributed by atoms with Crippen molar-refractivity contribution in [3.8, 4) is 0 Å². The van der Waals surface area contributed by atoms with E-state index in [1.807, 2.05) is 26.0 Å². The van der Waals surface area contributed by atoms with Crippen LogP contribution in [0.5, 0.6) is 0 Å². The van der Waals surface area contributed by atoms with Crippen LogP contribution in [0.1, 0.15) is 20.3 Å². The molecule has 1 aromatic carbocycles. The summed E-state index contributed by atoms with van der Waals surface area (Å²) in [5, 5.41) is 14.0. The zero-order valence-electron chi connectivity index (χ0n) is 9.60. The predicted octanol–water partition coefficient (Wildman–Crippen LogP) is 4.33. The Balaban J connectivity index is 2.18. The molecule has 2 unspecified atom stereocenters. The van der Waals surface area contributed by atoms with E-state index < -0.39 is 0 Å². The lowest BCUT2D eigenvalue weighted by Gasteiger charge is -2.50. The molecule has 2 nitrogen and oxygen atoms in total. The quantitative estimate of drug-likeness (QED) is 0.787. The minimum atomic E-state index is -0.260. The third-order valence-electron chi connectivity index (χ3n) is 3.58. The molecule has 1 aromatic rings. The second-order valence-corrected chi connectivity index (χ2v) is 6.60. The fourth-order valence-corrected chi connectivity index (χ4v) is 2.80. The molecule has 2 rings (SSSR count). The largest absolute Gasteiger partial charge is 0.392 e. The summed E-state index contributed by atoms with van der Waals surface area (Å²) in [5.41, 5.74) is 0.674. The SMILES string of the molecule is CC1(C)C(O)CC1Nc1ccc(Br)c(Cl)c1Cl. The number of hydrogen-bond acceptors (Lipinski definition) is 2. The van der Waals surface area contributed by atoms with E-state index in [1.54, 1.807) is 0 Å². The van der Waals surface area contributed by atoms with Crippen LogP contribution in [0.2, 0.25) is 10.0 Å². The Morgan fingerprint density at radius 1 is 1.35 bits per heavy atom. The monoisotopic (exact) mass is 337 g/mol. The maximum Gasteiger partial charge on any atom is 0.0835 e. The lowest BCUT2D eigenvalue weighted by atomic mass is 9.64. The summed E-state index contributed by atoms with van der Waals surface area (Å²) in [7, 11) is 0. The van der Waals surface area contributed by atoms with Crippen LogP contribution in [-0.4, -0.2) is 17.3 Å². The number of nitrogens with one attached hydrogen (secondary N) is 1. The average molecular weight is 339 g/mol. The number of benzene rings is 1. The number of aliphatic hydroxyl groups excluding tert-OH is 1. The summed E-state index contributed by atoms with van der Waals surface area (Å²) in [5.74, 6) is 0. The molecule has 0 amide bonds. The molecule has 1 aliphatic rings. The van der Waals surface area contributed by atoms with E-state index in [-0.39, 0.29) is 17.6 Å². The van der Waals surface area contributed by atoms with Crippen LogP contribution in [0.3, 0.4) is 0 Å². The molecule has 2 atom stereocenters. The van der Waals surface area contributed by atoms with E-state index in [9.17, 15) is 5.11 Å². The Morgan fingerprint density at radius 3 is 2.53 bits per heavy atom. The highest BCUT2D eigenvalue weighted by atomic mass is 79.9. The maximum absolute atomic E-state index is 9.69. The second-order valence-electron chi connectivity index (χ2n) is 4.99. The molecule has 1 saturated carbocycles. The molecule has 0 spiro atoms. The highest BCUT2D eigenvalue weighted by Crippen LogP contribution is 2.44. The molecule has 94 valence electrons. The first kappa shape index (κ1) is 13.5. The van der Waals surface area contributed by atoms with Crippen molar-refractivity contribution in [3.63, 3.8) is 0 Å². The van der Waals surface area contributed by atoms with Gasteiger partial charge < -0.3 is 10.4 Å². The molecule has 1 aliphatic carbocycles. The average Bonchev–Trinajstić information content (AvgIpc) is 2.29. The Labute approximate surface area is 119 Å². The minimum Gasteiger partial charge on any atom is -0.392 e. The first-order chi connectivity index (χ1) is 7.84. The summed E-state index contributed by atoms with van der Waals surface area (Å²) >= 11 is 15.6. The van der Waals surface area contributed by atoms with Crippen LogP contribution in [0.25, 0.3) is 0 Å². The highest BCUT2D eigenvalue weighted by molar-refractivity contribution is 9.10. The summed E-state index contributed by atoms with van der Waals surface area (Å²) in [6.07, 6.45) is 0.474. The van der Waals surface area contributed by atoms with Crippen molar-refractivity contribution in [2.24, 2.45) is 5.41 Å². The fourth-order valence-electron chi connectivity index (χ4n) is 1.97. The van der Waals surface area contributed by atoms with E-state index in [1.165, 1.54) is 0 Å². The van der Waals surface area contributed by atoms with Gasteiger partial charge >= 0.3 is 0 Å². The molecule has 0 radical (unpaired) electrons. The van der Waals surface area contributed by atoms with Gasteiger partial charge in [-0.2, -0.15) is 0 Å². The summed E-state index contributed by atoms with van der Waals surface area (Å²) in [6, 6.07) is 3.96. The lowest BCUT2D eigenvalue weighted by molar-refractivity contribution is -0.0510. The number of rotatable bonds is 2. The van der Waals surface area contributed by atoms with Crippen LogP contribution in [0.4, 0.5) is 5.69 Å². The van der Waals surface area contributed by atoms with Crippen LogP contribution in [0, 0.1) is 5.41 Å². The van der Waals surface area contributed by atoms with Crippen molar-refractivity contribution in [1.29, 1.82) is 0 Å². The normalized spacial score (nSPS) is 26.5. The van der Waals surface area contributed by atoms with Crippen molar-refractivity contribution >= 4 is 44.8 Å². The first-order valence-corrected chi connectivity index (χ1v) is 6.97. The molecule has 0 heterocycles. The van der Waals surface area contributed by atoms with E-state index >= 15 is 0 Å². The van der Waals surface area contributed by atoms with Crippen molar-refractivity contribution < 1.29 is 5.11 Å². The number of aliphatic hydroxyl groups is 1. The van der Waals surface area contributed by atoms with Gasteiger partial charge in [-0.1, -0.05) is 37.0 Å². The second kappa shape index (κ2) is 4.61. The standard InChI is InChI=1S/C12H14BrCl2NO/c1-12(2)8(5-9(12)17)16-7-4-3-6(13)10(14)11(7)15/h3-4,8-9,16-17H,5H2,1-2H3. The molecule has 0 aromatic heterocycles. The van der Waals surface area contributed by atoms with Crippen LogP contribution in [0.15, 0.2) is 16.6 Å². The smallest absolute Gasteiger partial charge is 0.0835 e. The molecule has 0 aliphatic heterocycles. The van der Waals surface area contributed by atoms with Crippen molar-refractivity contribution in [2.45, 2.75) is 32.4 Å². The lowest BCUT2D eigenvalue weighted by Crippen LogP contribution is -2.56. The van der Waals surface area contributed by atoms with Crippen molar-refractivity contribution in [1.82, 2.24) is 0 Å². The molecule has 2 N–H and O–H groups in total. The molecule has 0 saturated heterocycles. The number of anilines is 1. The molecule has 1 fully saturated rings. The minimum absolute atomic E-state index is 0.136. The Hall–Kier alpha value is 0.0400. The summed E-state index contributed by atoms with van der Waals surface area (Å²) in [6.45, 7) is 4.07. The van der Waals surface area contributed by atoms with Gasteiger partial charge in [0.1, 0.15) is 0 Å². The zero-order valence-corrected chi connectivity index (χ0v) is 12.7. The summed E-state index contributed by atoms with van der Waals surface area (Å²) in [4.78, 5) is 0. The highest BCUT2D eigenvalue weighted by Gasteiger charge is 2.47. The van der Waals surface area contributed by atoms with Gasteiger partial charge in [0.15, 0.2) is 0 Å². The van der Waals surface area contributed by atoms with Gasteiger partial charge in [0.2, 0.25) is 0 Å². The van der Waals surface area contributed by atoms with Crippen molar-refractivity contribution in [3.05, 3.63) is 26.7 Å². The number of halogens is 3. The third kappa shape index (κ3) is 2.30. The maximum atomic E-state index is 9.69. The van der Waals surface area contributed by atoms with Gasteiger partial charge in [-0.05, 0) is 34.5 Å². The third-order valence-corrected chi connectivity index (χ3v) is 5.35. The first-order valence-electron chi connectivity index (χ1n) is 5.42. The van der Waals surface area contributed by atoms with Gasteiger partial charge in [0, 0.05) is 15.9 Å². The van der Waals surface area contributed by atoms with Gasteiger partial charge in [0.05, 0.1) is 21.8 Å². The summed E-state index contributed by atoms with van der Waals surface area (Å²) < 4.78 is 0.780. The van der Waals surface area contributed by atoms with E-state index in [0.29, 0.717) is 10.0 Å². The van der Waals surface area contributed by atoms with Crippen LogP contribution >= 0.6 is 39.1 Å². The molecular weight excluding hydrogens is 325 g/mol. The molecule has 0 bridgehead atoms.